The number of hydrogen-bond donors (Lipinski definition) is 0. The maximum absolute atomic E-state index is 14.1. The molecule has 0 amide bonds. The van der Waals surface area contributed by atoms with E-state index in [2.05, 4.69) is 4.90 Å². The second kappa shape index (κ2) is 9.64. The number of hydrogen-bond acceptors (Lipinski definition) is 7. The van der Waals surface area contributed by atoms with Crippen molar-refractivity contribution in [2.45, 2.75) is 29.4 Å². The van der Waals surface area contributed by atoms with Gasteiger partial charge < -0.3 is 14.4 Å². The van der Waals surface area contributed by atoms with E-state index < -0.39 is 31.6 Å². The molecule has 0 saturated carbocycles. The van der Waals surface area contributed by atoms with Gasteiger partial charge in [-0.3, -0.25) is 0 Å². The number of piperidine rings is 1. The van der Waals surface area contributed by atoms with Crippen LogP contribution >= 0.6 is 11.3 Å². The molecule has 1 fully saturated rings. The molecule has 0 atom stereocenters. The highest BCUT2D eigenvalue weighted by atomic mass is 32.2. The van der Waals surface area contributed by atoms with Crippen LogP contribution in [0.15, 0.2) is 46.7 Å². The standard InChI is InChI=1S/C23H24F2N2O4S2/c1-30-20-5-3-15(12-21(20)31-2)11-17-14-32-23(26-17)27-9-7-18(8-10-27)33(28,29)22-6-4-16(24)13-19(22)25/h3-6,12-14,18H,7-11H2,1-2H3. The highest BCUT2D eigenvalue weighted by Gasteiger charge is 2.34. The molecule has 0 N–H and O–H groups in total. The maximum atomic E-state index is 14.1. The Kier molecular flexibility index (Phi) is 6.85. The summed E-state index contributed by atoms with van der Waals surface area (Å²) < 4.78 is 63.6. The van der Waals surface area contributed by atoms with E-state index in [0.29, 0.717) is 49.9 Å². The number of rotatable bonds is 7. The average molecular weight is 495 g/mol. The van der Waals surface area contributed by atoms with Crippen LogP contribution in [-0.4, -0.2) is 46.0 Å². The van der Waals surface area contributed by atoms with Gasteiger partial charge in [0.2, 0.25) is 0 Å². The van der Waals surface area contributed by atoms with Gasteiger partial charge >= 0.3 is 0 Å². The maximum Gasteiger partial charge on any atom is 0.185 e. The normalized spacial score (nSPS) is 15.0. The van der Waals surface area contributed by atoms with E-state index in [4.69, 9.17) is 14.5 Å². The Bertz CT molecular complexity index is 1240. The lowest BCUT2D eigenvalue weighted by Crippen LogP contribution is -2.39. The Balaban J connectivity index is 1.41. The molecule has 3 aromatic rings. The molecule has 1 aliphatic rings. The highest BCUT2D eigenvalue weighted by Crippen LogP contribution is 2.32. The lowest BCUT2D eigenvalue weighted by atomic mass is 10.1. The second-order valence-corrected chi connectivity index (χ2v) is 10.8. The van der Waals surface area contributed by atoms with Gasteiger partial charge in [-0.25, -0.2) is 22.2 Å². The molecule has 0 unspecified atom stereocenters. The van der Waals surface area contributed by atoms with E-state index in [1.54, 1.807) is 14.2 Å². The summed E-state index contributed by atoms with van der Waals surface area (Å²) in [5.41, 5.74) is 1.95. The molecular weight excluding hydrogens is 470 g/mol. The number of ether oxygens (including phenoxy) is 2. The summed E-state index contributed by atoms with van der Waals surface area (Å²) in [7, 11) is -0.684. The van der Waals surface area contributed by atoms with Crippen molar-refractivity contribution < 1.29 is 26.7 Å². The molecule has 2 heterocycles. The molecule has 4 rings (SSSR count). The number of aromatic nitrogens is 1. The van der Waals surface area contributed by atoms with Crippen LogP contribution in [0.25, 0.3) is 0 Å². The van der Waals surface area contributed by atoms with Crippen molar-refractivity contribution in [3.8, 4) is 11.5 Å². The zero-order valence-corrected chi connectivity index (χ0v) is 19.9. The van der Waals surface area contributed by atoms with Crippen LogP contribution in [0.5, 0.6) is 11.5 Å². The first-order chi connectivity index (χ1) is 15.8. The van der Waals surface area contributed by atoms with Crippen molar-refractivity contribution in [3.63, 3.8) is 0 Å². The van der Waals surface area contributed by atoms with Gasteiger partial charge in [0.25, 0.3) is 0 Å². The molecular formula is C23H24F2N2O4S2. The number of benzene rings is 2. The minimum Gasteiger partial charge on any atom is -0.493 e. The quantitative estimate of drug-likeness (QED) is 0.452. The van der Waals surface area contributed by atoms with E-state index in [9.17, 15) is 17.2 Å². The lowest BCUT2D eigenvalue weighted by molar-refractivity contribution is 0.354. The molecule has 0 spiro atoms. The third kappa shape index (κ3) is 4.96. The fourth-order valence-electron chi connectivity index (χ4n) is 3.97. The Morgan fingerprint density at radius 2 is 1.79 bits per heavy atom. The van der Waals surface area contributed by atoms with Crippen molar-refractivity contribution >= 4 is 26.3 Å². The first-order valence-electron chi connectivity index (χ1n) is 10.4. The van der Waals surface area contributed by atoms with Crippen LogP contribution in [0.3, 0.4) is 0 Å². The van der Waals surface area contributed by atoms with Gasteiger partial charge in [-0.1, -0.05) is 6.07 Å². The fourth-order valence-corrected chi connectivity index (χ4v) is 6.62. The number of thiazole rings is 1. The molecule has 0 bridgehead atoms. The van der Waals surface area contributed by atoms with Crippen molar-refractivity contribution in [1.82, 2.24) is 4.98 Å². The molecule has 2 aromatic carbocycles. The highest BCUT2D eigenvalue weighted by molar-refractivity contribution is 7.92. The molecule has 1 aromatic heterocycles. The van der Waals surface area contributed by atoms with Crippen molar-refractivity contribution in [3.05, 3.63) is 64.7 Å². The monoisotopic (exact) mass is 494 g/mol. The summed E-state index contributed by atoms with van der Waals surface area (Å²) in [4.78, 5) is 6.33. The summed E-state index contributed by atoms with van der Waals surface area (Å²) in [6, 6.07) is 8.33. The predicted molar refractivity (Wildman–Crippen MR) is 123 cm³/mol. The van der Waals surface area contributed by atoms with Gasteiger partial charge in [0.05, 0.1) is 25.2 Å². The molecule has 0 aliphatic carbocycles. The van der Waals surface area contributed by atoms with Gasteiger partial charge in [-0.05, 0) is 42.7 Å². The molecule has 33 heavy (non-hydrogen) atoms. The first kappa shape index (κ1) is 23.4. The minimum atomic E-state index is -3.87. The number of nitrogens with zero attached hydrogens (tertiary/aromatic N) is 2. The van der Waals surface area contributed by atoms with Gasteiger partial charge in [-0.2, -0.15) is 0 Å². The largest absolute Gasteiger partial charge is 0.493 e. The summed E-state index contributed by atoms with van der Waals surface area (Å²) in [5.74, 6) is -0.518. The summed E-state index contributed by atoms with van der Waals surface area (Å²) in [5, 5.41) is 2.11. The number of anilines is 1. The third-order valence-corrected chi connectivity index (χ3v) is 8.97. The van der Waals surface area contributed by atoms with Crippen molar-refractivity contribution in [2.75, 3.05) is 32.2 Å². The summed E-state index contributed by atoms with van der Waals surface area (Å²) in [6.45, 7) is 0.992. The van der Waals surface area contributed by atoms with Crippen molar-refractivity contribution in [2.24, 2.45) is 0 Å². The lowest BCUT2D eigenvalue weighted by Gasteiger charge is -2.31. The zero-order chi connectivity index (χ0) is 23.6. The van der Waals surface area contributed by atoms with Crippen LogP contribution in [0.2, 0.25) is 0 Å². The van der Waals surface area contributed by atoms with Gasteiger partial charge in [0.1, 0.15) is 16.5 Å². The fraction of sp³-hybridized carbons (Fsp3) is 0.348. The zero-order valence-electron chi connectivity index (χ0n) is 18.3. The average Bonchev–Trinajstić information content (AvgIpc) is 3.27. The summed E-state index contributed by atoms with van der Waals surface area (Å²) in [6.07, 6.45) is 1.33. The van der Waals surface area contributed by atoms with E-state index in [-0.39, 0.29) is 0 Å². The number of methoxy groups -OCH3 is 2. The minimum absolute atomic E-state index is 0.351. The Morgan fingerprint density at radius 3 is 2.45 bits per heavy atom. The van der Waals surface area contributed by atoms with E-state index in [0.717, 1.165) is 28.5 Å². The number of halogens is 2. The van der Waals surface area contributed by atoms with Gasteiger partial charge in [-0.15, -0.1) is 11.3 Å². The van der Waals surface area contributed by atoms with Crippen LogP contribution in [0, 0.1) is 11.6 Å². The smallest absolute Gasteiger partial charge is 0.185 e. The number of sulfone groups is 1. The van der Waals surface area contributed by atoms with Crippen LogP contribution in [0.4, 0.5) is 13.9 Å². The topological polar surface area (TPSA) is 68.7 Å². The Hall–Kier alpha value is -2.72. The van der Waals surface area contributed by atoms with Gasteiger partial charge in [0.15, 0.2) is 26.5 Å². The molecule has 10 heteroatoms. The molecule has 0 radical (unpaired) electrons. The SMILES string of the molecule is COc1ccc(Cc2csc(N3CCC(S(=O)(=O)c4ccc(F)cc4F)CC3)n2)cc1OC. The van der Waals surface area contributed by atoms with E-state index in [1.165, 1.54) is 11.3 Å². The van der Waals surface area contributed by atoms with Crippen LogP contribution < -0.4 is 14.4 Å². The summed E-state index contributed by atoms with van der Waals surface area (Å²) >= 11 is 1.51. The Morgan fingerprint density at radius 1 is 1.06 bits per heavy atom. The van der Waals surface area contributed by atoms with E-state index in [1.807, 2.05) is 23.6 Å². The Labute approximate surface area is 195 Å². The molecule has 1 aliphatic heterocycles. The van der Waals surface area contributed by atoms with Crippen LogP contribution in [0.1, 0.15) is 24.1 Å². The molecule has 176 valence electrons. The van der Waals surface area contributed by atoms with E-state index >= 15 is 0 Å². The van der Waals surface area contributed by atoms with Gasteiger partial charge in [0, 0.05) is 31.0 Å². The third-order valence-electron chi connectivity index (χ3n) is 5.72. The first-order valence-corrected chi connectivity index (χ1v) is 12.8. The predicted octanol–water partition coefficient (Wildman–Crippen LogP) is 4.47. The second-order valence-electron chi connectivity index (χ2n) is 7.79. The van der Waals surface area contributed by atoms with Crippen molar-refractivity contribution in [1.29, 1.82) is 0 Å². The van der Waals surface area contributed by atoms with Crippen LogP contribution in [-0.2, 0) is 16.3 Å². The molecule has 6 nitrogen and oxygen atoms in total. The molecule has 1 saturated heterocycles.